The van der Waals surface area contributed by atoms with E-state index in [-0.39, 0.29) is 0 Å². The SMILES string of the molecule is CC(C)COc1ccc2nc(CN)cc(N(C)C)c2c1. The molecule has 2 N–H and O–H groups in total. The molecule has 20 heavy (non-hydrogen) atoms. The minimum atomic E-state index is 0.447. The van der Waals surface area contributed by atoms with Crippen LogP contribution >= 0.6 is 0 Å². The third kappa shape index (κ3) is 3.20. The van der Waals surface area contributed by atoms with Crippen LogP contribution in [0.1, 0.15) is 19.5 Å². The van der Waals surface area contributed by atoms with Gasteiger partial charge >= 0.3 is 0 Å². The molecule has 2 rings (SSSR count). The maximum atomic E-state index is 5.80. The van der Waals surface area contributed by atoms with Gasteiger partial charge in [-0.15, -0.1) is 0 Å². The van der Waals surface area contributed by atoms with Crippen molar-refractivity contribution in [3.05, 3.63) is 30.0 Å². The smallest absolute Gasteiger partial charge is 0.120 e. The van der Waals surface area contributed by atoms with Crippen molar-refractivity contribution in [2.24, 2.45) is 11.7 Å². The molecule has 0 aliphatic heterocycles. The monoisotopic (exact) mass is 273 g/mol. The lowest BCUT2D eigenvalue weighted by Gasteiger charge is -2.17. The van der Waals surface area contributed by atoms with Crippen molar-refractivity contribution >= 4 is 16.6 Å². The average molecular weight is 273 g/mol. The van der Waals surface area contributed by atoms with Crippen LogP contribution in [0.3, 0.4) is 0 Å². The highest BCUT2D eigenvalue weighted by Crippen LogP contribution is 2.29. The van der Waals surface area contributed by atoms with Crippen LogP contribution < -0.4 is 15.4 Å². The number of pyridine rings is 1. The van der Waals surface area contributed by atoms with Crippen LogP contribution in [0, 0.1) is 5.92 Å². The Labute approximate surface area is 120 Å². The summed E-state index contributed by atoms with van der Waals surface area (Å²) in [7, 11) is 4.05. The van der Waals surface area contributed by atoms with Crippen LogP contribution in [-0.4, -0.2) is 25.7 Å². The van der Waals surface area contributed by atoms with Gasteiger partial charge in [-0.25, -0.2) is 0 Å². The van der Waals surface area contributed by atoms with E-state index < -0.39 is 0 Å². The zero-order valence-electron chi connectivity index (χ0n) is 12.7. The van der Waals surface area contributed by atoms with E-state index in [0.29, 0.717) is 12.5 Å². The molecular weight excluding hydrogens is 250 g/mol. The highest BCUT2D eigenvalue weighted by Gasteiger charge is 2.09. The van der Waals surface area contributed by atoms with E-state index in [2.05, 4.69) is 29.8 Å². The van der Waals surface area contributed by atoms with Crippen LogP contribution in [0.4, 0.5) is 5.69 Å². The molecule has 0 spiro atoms. The van der Waals surface area contributed by atoms with Gasteiger partial charge in [0, 0.05) is 31.7 Å². The Bertz CT molecular complexity index is 594. The minimum Gasteiger partial charge on any atom is -0.493 e. The number of hydrogen-bond donors (Lipinski definition) is 1. The van der Waals surface area contributed by atoms with Crippen molar-refractivity contribution in [2.75, 3.05) is 25.6 Å². The topological polar surface area (TPSA) is 51.4 Å². The molecule has 0 saturated heterocycles. The second kappa shape index (κ2) is 6.09. The van der Waals surface area contributed by atoms with Gasteiger partial charge in [-0.3, -0.25) is 4.98 Å². The first-order valence-electron chi connectivity index (χ1n) is 6.95. The second-order valence-corrected chi connectivity index (χ2v) is 5.62. The molecule has 1 heterocycles. The Morgan fingerprint density at radius 3 is 2.60 bits per heavy atom. The summed E-state index contributed by atoms with van der Waals surface area (Å²) in [6.07, 6.45) is 0. The molecule has 0 radical (unpaired) electrons. The molecule has 1 aromatic carbocycles. The van der Waals surface area contributed by atoms with Crippen LogP contribution in [0.25, 0.3) is 10.9 Å². The second-order valence-electron chi connectivity index (χ2n) is 5.62. The van der Waals surface area contributed by atoms with Gasteiger partial charge in [0.15, 0.2) is 0 Å². The zero-order chi connectivity index (χ0) is 14.7. The molecule has 0 bridgehead atoms. The van der Waals surface area contributed by atoms with Gasteiger partial charge in [0.1, 0.15) is 5.75 Å². The lowest BCUT2D eigenvalue weighted by molar-refractivity contribution is 0.271. The van der Waals surface area contributed by atoms with E-state index in [4.69, 9.17) is 10.5 Å². The number of benzene rings is 1. The fourth-order valence-corrected chi connectivity index (χ4v) is 2.07. The number of hydrogen-bond acceptors (Lipinski definition) is 4. The fourth-order valence-electron chi connectivity index (χ4n) is 2.07. The maximum Gasteiger partial charge on any atom is 0.120 e. The molecule has 0 fully saturated rings. The fraction of sp³-hybridized carbons (Fsp3) is 0.438. The van der Waals surface area contributed by atoms with Gasteiger partial charge in [0.2, 0.25) is 0 Å². The Hall–Kier alpha value is -1.81. The van der Waals surface area contributed by atoms with Gasteiger partial charge < -0.3 is 15.4 Å². The predicted octanol–water partition coefficient (Wildman–Crippen LogP) is 2.79. The van der Waals surface area contributed by atoms with E-state index in [1.807, 2.05) is 32.3 Å². The van der Waals surface area contributed by atoms with Crippen LogP contribution in [0.5, 0.6) is 5.75 Å². The Balaban J connectivity index is 2.46. The van der Waals surface area contributed by atoms with E-state index >= 15 is 0 Å². The summed E-state index contributed by atoms with van der Waals surface area (Å²) in [4.78, 5) is 6.64. The molecule has 108 valence electrons. The van der Waals surface area contributed by atoms with Crippen LogP contribution in [0.15, 0.2) is 24.3 Å². The van der Waals surface area contributed by atoms with E-state index in [9.17, 15) is 0 Å². The van der Waals surface area contributed by atoms with Gasteiger partial charge in [-0.2, -0.15) is 0 Å². The Kier molecular flexibility index (Phi) is 4.45. The predicted molar refractivity (Wildman–Crippen MR) is 84.3 cm³/mol. The summed E-state index contributed by atoms with van der Waals surface area (Å²) in [5, 5.41) is 1.09. The summed E-state index contributed by atoms with van der Waals surface area (Å²) in [5.41, 5.74) is 8.68. The van der Waals surface area contributed by atoms with Crippen molar-refractivity contribution in [1.82, 2.24) is 4.98 Å². The molecule has 0 atom stereocenters. The average Bonchev–Trinajstić information content (AvgIpc) is 2.43. The Morgan fingerprint density at radius 2 is 2.00 bits per heavy atom. The molecular formula is C16H23N3O. The first-order valence-corrected chi connectivity index (χ1v) is 6.95. The van der Waals surface area contributed by atoms with Gasteiger partial charge in [-0.05, 0) is 30.2 Å². The molecule has 0 aliphatic rings. The lowest BCUT2D eigenvalue weighted by atomic mass is 10.1. The molecule has 0 amide bonds. The first kappa shape index (κ1) is 14.6. The molecule has 4 nitrogen and oxygen atoms in total. The van der Waals surface area contributed by atoms with Crippen molar-refractivity contribution in [2.45, 2.75) is 20.4 Å². The molecule has 0 saturated carbocycles. The van der Waals surface area contributed by atoms with Crippen molar-refractivity contribution in [3.63, 3.8) is 0 Å². The standard InChI is InChI=1S/C16H23N3O/c1-11(2)10-20-13-5-6-15-14(8-13)16(19(3)4)7-12(9-17)18-15/h5-8,11H,9-10,17H2,1-4H3. The van der Waals surface area contributed by atoms with Crippen molar-refractivity contribution in [3.8, 4) is 5.75 Å². The van der Waals surface area contributed by atoms with Crippen molar-refractivity contribution in [1.29, 1.82) is 0 Å². The number of nitrogens with zero attached hydrogens (tertiary/aromatic N) is 2. The minimum absolute atomic E-state index is 0.447. The lowest BCUT2D eigenvalue weighted by Crippen LogP contribution is -2.11. The normalized spacial score (nSPS) is 11.1. The van der Waals surface area contributed by atoms with Crippen molar-refractivity contribution < 1.29 is 4.74 Å². The van der Waals surface area contributed by atoms with Crippen LogP contribution in [0.2, 0.25) is 0 Å². The summed E-state index contributed by atoms with van der Waals surface area (Å²) in [5.74, 6) is 1.40. The molecule has 1 aromatic heterocycles. The van der Waals surface area contributed by atoms with Gasteiger partial charge in [-0.1, -0.05) is 13.8 Å². The highest BCUT2D eigenvalue weighted by atomic mass is 16.5. The molecule has 0 unspecified atom stereocenters. The number of nitrogens with two attached hydrogens (primary N) is 1. The summed E-state index contributed by atoms with van der Waals surface area (Å²) >= 11 is 0. The third-order valence-corrected chi connectivity index (χ3v) is 3.09. The number of rotatable bonds is 5. The van der Waals surface area contributed by atoms with E-state index in [1.54, 1.807) is 0 Å². The zero-order valence-corrected chi connectivity index (χ0v) is 12.7. The number of ether oxygens (including phenoxy) is 1. The molecule has 2 aromatic rings. The number of anilines is 1. The van der Waals surface area contributed by atoms with Gasteiger partial charge in [0.05, 0.1) is 17.8 Å². The number of fused-ring (bicyclic) bond motifs is 1. The van der Waals surface area contributed by atoms with E-state index in [1.165, 1.54) is 0 Å². The quantitative estimate of drug-likeness (QED) is 0.910. The highest BCUT2D eigenvalue weighted by molar-refractivity contribution is 5.92. The molecule has 0 aliphatic carbocycles. The first-order chi connectivity index (χ1) is 9.51. The summed E-state index contributed by atoms with van der Waals surface area (Å²) in [6, 6.07) is 8.06. The summed E-state index contributed by atoms with van der Waals surface area (Å²) < 4.78 is 5.80. The number of aromatic nitrogens is 1. The third-order valence-electron chi connectivity index (χ3n) is 3.09. The largest absolute Gasteiger partial charge is 0.493 e. The van der Waals surface area contributed by atoms with Gasteiger partial charge in [0.25, 0.3) is 0 Å². The summed E-state index contributed by atoms with van der Waals surface area (Å²) in [6.45, 7) is 5.45. The van der Waals surface area contributed by atoms with E-state index in [0.717, 1.165) is 34.6 Å². The van der Waals surface area contributed by atoms with Crippen LogP contribution in [-0.2, 0) is 6.54 Å². The molecule has 4 heteroatoms. The maximum absolute atomic E-state index is 5.80. The Morgan fingerprint density at radius 1 is 1.25 bits per heavy atom.